The first-order valence-electron chi connectivity index (χ1n) is 11.5. The normalized spacial score (nSPS) is 11.3. The van der Waals surface area contributed by atoms with Crippen LogP contribution in [0.1, 0.15) is 12.0 Å². The van der Waals surface area contributed by atoms with Crippen molar-refractivity contribution in [2.75, 3.05) is 13.7 Å². The van der Waals surface area contributed by atoms with Crippen LogP contribution in [0.4, 0.5) is 0 Å². The molecule has 0 unspecified atom stereocenters. The second-order valence-electron chi connectivity index (χ2n) is 8.16. The molecule has 7 heteroatoms. The Hall–Kier alpha value is -3.00. The number of fused-ring (bicyclic) bond motifs is 1. The number of nitrogens with zero attached hydrogens (tertiary/aromatic N) is 4. The molecule has 35 heavy (non-hydrogen) atoms. The Kier molecular flexibility index (Phi) is 7.57. The number of benzene rings is 3. The molecule has 2 heterocycles. The summed E-state index contributed by atoms with van der Waals surface area (Å²) >= 11 is 5.21. The highest BCUT2D eigenvalue weighted by atomic mass is 79.9. The summed E-state index contributed by atoms with van der Waals surface area (Å²) in [5.41, 5.74) is 5.23. The van der Waals surface area contributed by atoms with Crippen molar-refractivity contribution < 1.29 is 4.74 Å². The van der Waals surface area contributed by atoms with Gasteiger partial charge in [-0.05, 0) is 36.2 Å². The van der Waals surface area contributed by atoms with Crippen molar-refractivity contribution in [3.8, 4) is 22.6 Å². The van der Waals surface area contributed by atoms with Crippen LogP contribution in [0.5, 0.6) is 0 Å². The highest BCUT2D eigenvalue weighted by Gasteiger charge is 2.18. The first-order chi connectivity index (χ1) is 17.2. The molecule has 5 aromatic rings. The molecule has 0 saturated heterocycles. The molecular formula is C28H25BrN4OS. The number of methoxy groups -OCH3 is 1. The largest absolute Gasteiger partial charge is 0.385 e. The molecule has 5 rings (SSSR count). The lowest BCUT2D eigenvalue weighted by Gasteiger charge is -2.13. The standard InChI is InChI=1S/C28H25BrN4OS/c1-34-17-7-16-33-27(31-32-28(33)35-19-20-12-14-22(29)15-13-20)24-18-26(21-8-3-2-4-9-21)30-25-11-6-5-10-23(24)25/h2-6,8-15,18H,7,16-17,19H2,1H3. The number of para-hydroxylation sites is 1. The van der Waals surface area contributed by atoms with E-state index in [2.05, 4.69) is 80.2 Å². The molecule has 0 atom stereocenters. The molecule has 0 spiro atoms. The van der Waals surface area contributed by atoms with Gasteiger partial charge in [-0.25, -0.2) is 4.98 Å². The van der Waals surface area contributed by atoms with Crippen LogP contribution in [0, 0.1) is 0 Å². The van der Waals surface area contributed by atoms with Crippen LogP contribution in [0.15, 0.2) is 94.6 Å². The summed E-state index contributed by atoms with van der Waals surface area (Å²) in [6.07, 6.45) is 0.877. The van der Waals surface area contributed by atoms with Crippen molar-refractivity contribution in [2.24, 2.45) is 0 Å². The van der Waals surface area contributed by atoms with Gasteiger partial charge < -0.3 is 9.30 Å². The van der Waals surface area contributed by atoms with E-state index in [1.165, 1.54) is 5.56 Å². The van der Waals surface area contributed by atoms with Crippen LogP contribution in [0.2, 0.25) is 0 Å². The van der Waals surface area contributed by atoms with Crippen molar-refractivity contribution >= 4 is 38.6 Å². The second kappa shape index (κ2) is 11.2. The van der Waals surface area contributed by atoms with Crippen LogP contribution >= 0.6 is 27.7 Å². The van der Waals surface area contributed by atoms with E-state index in [9.17, 15) is 0 Å². The highest BCUT2D eigenvalue weighted by molar-refractivity contribution is 9.10. The van der Waals surface area contributed by atoms with Gasteiger partial charge in [-0.3, -0.25) is 0 Å². The molecule has 5 nitrogen and oxygen atoms in total. The summed E-state index contributed by atoms with van der Waals surface area (Å²) in [7, 11) is 1.73. The Morgan fingerprint density at radius 3 is 2.49 bits per heavy atom. The SMILES string of the molecule is COCCCn1c(SCc2ccc(Br)cc2)nnc1-c1cc(-c2ccccc2)nc2ccccc12. The summed E-state index contributed by atoms with van der Waals surface area (Å²) in [6, 6.07) is 29.0. The molecule has 0 saturated carbocycles. The van der Waals surface area contributed by atoms with Crippen molar-refractivity contribution in [1.29, 1.82) is 0 Å². The first kappa shape index (κ1) is 23.7. The fourth-order valence-electron chi connectivity index (χ4n) is 4.01. The molecule has 0 radical (unpaired) electrons. The number of ether oxygens (including phenoxy) is 1. The maximum Gasteiger partial charge on any atom is 0.191 e. The van der Waals surface area contributed by atoms with Gasteiger partial charge >= 0.3 is 0 Å². The quantitative estimate of drug-likeness (QED) is 0.144. The molecule has 2 aromatic heterocycles. The van der Waals surface area contributed by atoms with E-state index in [-0.39, 0.29) is 0 Å². The van der Waals surface area contributed by atoms with Crippen LogP contribution in [-0.2, 0) is 17.0 Å². The number of rotatable bonds is 9. The molecule has 0 aliphatic carbocycles. The predicted molar refractivity (Wildman–Crippen MR) is 146 cm³/mol. The summed E-state index contributed by atoms with van der Waals surface area (Å²) in [4.78, 5) is 4.94. The fraction of sp³-hybridized carbons (Fsp3) is 0.179. The zero-order valence-electron chi connectivity index (χ0n) is 19.4. The Balaban J connectivity index is 1.57. The van der Waals surface area contributed by atoms with E-state index in [1.807, 2.05) is 30.3 Å². The first-order valence-corrected chi connectivity index (χ1v) is 13.3. The molecule has 0 aliphatic rings. The van der Waals surface area contributed by atoms with Crippen molar-refractivity contribution in [3.63, 3.8) is 0 Å². The third-order valence-electron chi connectivity index (χ3n) is 5.75. The van der Waals surface area contributed by atoms with Gasteiger partial charge in [0.1, 0.15) is 0 Å². The summed E-state index contributed by atoms with van der Waals surface area (Å²) in [5.74, 6) is 1.68. The van der Waals surface area contributed by atoms with Gasteiger partial charge in [0.05, 0.1) is 11.2 Å². The van der Waals surface area contributed by atoms with E-state index in [4.69, 9.17) is 14.8 Å². The van der Waals surface area contributed by atoms with Crippen LogP contribution in [-0.4, -0.2) is 33.5 Å². The topological polar surface area (TPSA) is 52.8 Å². The monoisotopic (exact) mass is 544 g/mol. The van der Waals surface area contributed by atoms with Gasteiger partial charge in [-0.2, -0.15) is 0 Å². The molecular weight excluding hydrogens is 520 g/mol. The molecule has 0 aliphatic heterocycles. The maximum absolute atomic E-state index is 5.34. The van der Waals surface area contributed by atoms with Gasteiger partial charge in [0, 0.05) is 47.0 Å². The molecule has 0 amide bonds. The van der Waals surface area contributed by atoms with E-state index in [0.29, 0.717) is 6.61 Å². The fourth-order valence-corrected chi connectivity index (χ4v) is 5.19. The van der Waals surface area contributed by atoms with Crippen molar-refractivity contribution in [1.82, 2.24) is 19.7 Å². The lowest BCUT2D eigenvalue weighted by Crippen LogP contribution is -2.06. The minimum atomic E-state index is 0.681. The van der Waals surface area contributed by atoms with Crippen LogP contribution in [0.25, 0.3) is 33.5 Å². The van der Waals surface area contributed by atoms with Crippen LogP contribution < -0.4 is 0 Å². The van der Waals surface area contributed by atoms with Crippen molar-refractivity contribution in [3.05, 3.63) is 95.0 Å². The van der Waals surface area contributed by atoms with Gasteiger partial charge in [-0.1, -0.05) is 88.4 Å². The Morgan fingerprint density at radius 1 is 0.914 bits per heavy atom. The van der Waals surface area contributed by atoms with Gasteiger partial charge in [0.25, 0.3) is 0 Å². The number of hydrogen-bond acceptors (Lipinski definition) is 5. The zero-order chi connectivity index (χ0) is 24.0. The van der Waals surface area contributed by atoms with E-state index >= 15 is 0 Å². The zero-order valence-corrected chi connectivity index (χ0v) is 21.8. The molecule has 3 aromatic carbocycles. The average molecular weight is 546 g/mol. The van der Waals surface area contributed by atoms with E-state index in [1.54, 1.807) is 18.9 Å². The van der Waals surface area contributed by atoms with E-state index in [0.717, 1.165) is 61.9 Å². The molecule has 0 fully saturated rings. The third kappa shape index (κ3) is 5.48. The number of hydrogen-bond donors (Lipinski definition) is 0. The summed E-state index contributed by atoms with van der Waals surface area (Å²) in [6.45, 7) is 1.46. The Labute approximate surface area is 217 Å². The Morgan fingerprint density at radius 2 is 1.69 bits per heavy atom. The summed E-state index contributed by atoms with van der Waals surface area (Å²) < 4.78 is 8.64. The predicted octanol–water partition coefficient (Wildman–Crippen LogP) is 7.25. The smallest absolute Gasteiger partial charge is 0.191 e. The van der Waals surface area contributed by atoms with Gasteiger partial charge in [-0.15, -0.1) is 10.2 Å². The highest BCUT2D eigenvalue weighted by Crippen LogP contribution is 2.33. The van der Waals surface area contributed by atoms with Gasteiger partial charge in [0.2, 0.25) is 0 Å². The molecule has 0 N–H and O–H groups in total. The van der Waals surface area contributed by atoms with Gasteiger partial charge in [0.15, 0.2) is 11.0 Å². The number of halogens is 1. The third-order valence-corrected chi connectivity index (χ3v) is 7.32. The minimum absolute atomic E-state index is 0.681. The van der Waals surface area contributed by atoms with E-state index < -0.39 is 0 Å². The average Bonchev–Trinajstić information content (AvgIpc) is 3.31. The number of pyridine rings is 1. The molecule has 176 valence electrons. The minimum Gasteiger partial charge on any atom is -0.385 e. The molecule has 0 bridgehead atoms. The number of thioether (sulfide) groups is 1. The van der Waals surface area contributed by atoms with Crippen molar-refractivity contribution in [2.45, 2.75) is 23.9 Å². The summed E-state index contributed by atoms with van der Waals surface area (Å²) in [5, 5.41) is 11.3. The second-order valence-corrected chi connectivity index (χ2v) is 10.0. The maximum atomic E-state index is 5.34. The van der Waals surface area contributed by atoms with Crippen LogP contribution in [0.3, 0.4) is 0 Å². The Bertz CT molecular complexity index is 1420. The lowest BCUT2D eigenvalue weighted by molar-refractivity contribution is 0.189. The lowest BCUT2D eigenvalue weighted by atomic mass is 10.0. The number of aromatic nitrogens is 4.